The summed E-state index contributed by atoms with van der Waals surface area (Å²) in [5.41, 5.74) is 0.966. The Hall–Kier alpha value is -2.03. The van der Waals surface area contributed by atoms with Crippen molar-refractivity contribution in [1.82, 2.24) is 4.90 Å². The lowest BCUT2D eigenvalue weighted by atomic mass is 10.00. The zero-order chi connectivity index (χ0) is 15.5. The monoisotopic (exact) mass is 296 g/mol. The fourth-order valence-corrected chi connectivity index (χ4v) is 2.54. The van der Waals surface area contributed by atoms with E-state index in [0.29, 0.717) is 12.8 Å². The van der Waals surface area contributed by atoms with Crippen molar-refractivity contribution < 1.29 is 18.0 Å². The fraction of sp³-hybridized carbons (Fsp3) is 0.467. The molecule has 1 amide bonds. The number of alkyl halides is 3. The van der Waals surface area contributed by atoms with E-state index >= 15 is 0 Å². The molecule has 0 aromatic heterocycles. The lowest BCUT2D eigenvalue weighted by Crippen LogP contribution is -2.51. The first-order chi connectivity index (χ1) is 9.93. The number of halogens is 3. The normalized spacial score (nSPS) is 19.1. The molecule has 1 fully saturated rings. The Bertz CT molecular complexity index is 546. The standard InChI is InChI=1S/C15H15F3N2O/c16-15(17,18)13-3-1-2-10-20(13)14(21)12-6-4-11(5-7-12)8-9-19/h4-7,13H,1-3,8,10H2. The Balaban J connectivity index is 2.19. The lowest BCUT2D eigenvalue weighted by Gasteiger charge is -2.36. The summed E-state index contributed by atoms with van der Waals surface area (Å²) in [5, 5.41) is 8.58. The summed E-state index contributed by atoms with van der Waals surface area (Å²) in [5.74, 6) is -0.597. The molecule has 1 aromatic rings. The van der Waals surface area contributed by atoms with Crippen LogP contribution in [0.4, 0.5) is 13.2 Å². The molecule has 0 bridgehead atoms. The number of hydrogen-bond donors (Lipinski definition) is 0. The van der Waals surface area contributed by atoms with E-state index in [1.165, 1.54) is 12.1 Å². The minimum atomic E-state index is -4.39. The third-order valence-corrected chi connectivity index (χ3v) is 3.63. The molecule has 0 saturated carbocycles. The van der Waals surface area contributed by atoms with E-state index in [0.717, 1.165) is 10.5 Å². The van der Waals surface area contributed by atoms with E-state index in [1.807, 2.05) is 6.07 Å². The van der Waals surface area contributed by atoms with Crippen LogP contribution >= 0.6 is 0 Å². The maximum atomic E-state index is 13.0. The van der Waals surface area contributed by atoms with Gasteiger partial charge in [0.25, 0.3) is 5.91 Å². The maximum absolute atomic E-state index is 13.0. The highest BCUT2D eigenvalue weighted by atomic mass is 19.4. The first-order valence-electron chi connectivity index (χ1n) is 6.77. The second-order valence-electron chi connectivity index (χ2n) is 5.08. The van der Waals surface area contributed by atoms with Gasteiger partial charge in [-0.05, 0) is 37.0 Å². The quantitative estimate of drug-likeness (QED) is 0.840. The van der Waals surface area contributed by atoms with Crippen LogP contribution in [-0.4, -0.2) is 29.6 Å². The van der Waals surface area contributed by atoms with Crippen LogP contribution in [0.1, 0.15) is 35.2 Å². The number of rotatable bonds is 2. The molecule has 21 heavy (non-hydrogen) atoms. The number of carbonyl (C=O) groups is 1. The van der Waals surface area contributed by atoms with Gasteiger partial charge in [-0.2, -0.15) is 18.4 Å². The van der Waals surface area contributed by atoms with E-state index in [4.69, 9.17) is 5.26 Å². The average molecular weight is 296 g/mol. The van der Waals surface area contributed by atoms with E-state index in [2.05, 4.69) is 0 Å². The lowest BCUT2D eigenvalue weighted by molar-refractivity contribution is -0.183. The molecule has 0 N–H and O–H groups in total. The third-order valence-electron chi connectivity index (χ3n) is 3.63. The summed E-state index contributed by atoms with van der Waals surface area (Å²) in [6.07, 6.45) is -3.15. The summed E-state index contributed by atoms with van der Waals surface area (Å²) in [6.45, 7) is 0.128. The molecule has 1 aliphatic rings. The van der Waals surface area contributed by atoms with Gasteiger partial charge in [0.2, 0.25) is 0 Å². The highest BCUT2D eigenvalue weighted by Gasteiger charge is 2.46. The molecular formula is C15H15F3N2O. The van der Waals surface area contributed by atoms with Crippen LogP contribution in [0, 0.1) is 11.3 Å². The van der Waals surface area contributed by atoms with Crippen molar-refractivity contribution in [3.05, 3.63) is 35.4 Å². The topological polar surface area (TPSA) is 44.1 Å². The van der Waals surface area contributed by atoms with Crippen LogP contribution in [0.25, 0.3) is 0 Å². The minimum absolute atomic E-state index is 0.0399. The largest absolute Gasteiger partial charge is 0.408 e. The summed E-state index contributed by atoms with van der Waals surface area (Å²) in [7, 11) is 0. The molecule has 6 heteroatoms. The van der Waals surface area contributed by atoms with Gasteiger partial charge < -0.3 is 4.90 Å². The molecule has 0 spiro atoms. The number of amides is 1. The predicted molar refractivity (Wildman–Crippen MR) is 70.5 cm³/mol. The fourth-order valence-electron chi connectivity index (χ4n) is 2.54. The number of piperidine rings is 1. The van der Waals surface area contributed by atoms with Crippen molar-refractivity contribution in [2.45, 2.75) is 37.9 Å². The van der Waals surface area contributed by atoms with E-state index < -0.39 is 18.1 Å². The van der Waals surface area contributed by atoms with Crippen molar-refractivity contribution in [3.8, 4) is 6.07 Å². The SMILES string of the molecule is N#CCc1ccc(C(=O)N2CCCCC2C(F)(F)F)cc1. The number of hydrogen-bond acceptors (Lipinski definition) is 2. The number of nitrogens with zero attached hydrogens (tertiary/aromatic N) is 2. The van der Waals surface area contributed by atoms with Crippen molar-refractivity contribution in [1.29, 1.82) is 5.26 Å². The molecule has 1 aromatic carbocycles. The van der Waals surface area contributed by atoms with Crippen LogP contribution in [0.3, 0.4) is 0 Å². The van der Waals surface area contributed by atoms with Crippen molar-refractivity contribution >= 4 is 5.91 Å². The number of carbonyl (C=O) groups excluding carboxylic acids is 1. The van der Waals surface area contributed by atoms with Crippen LogP contribution in [0.5, 0.6) is 0 Å². The van der Waals surface area contributed by atoms with E-state index in [-0.39, 0.29) is 24.9 Å². The van der Waals surface area contributed by atoms with Gasteiger partial charge in [0, 0.05) is 12.1 Å². The average Bonchev–Trinajstić information content (AvgIpc) is 2.47. The Morgan fingerprint density at radius 2 is 1.95 bits per heavy atom. The van der Waals surface area contributed by atoms with Crippen molar-refractivity contribution in [2.75, 3.05) is 6.54 Å². The third kappa shape index (κ3) is 3.54. The van der Waals surface area contributed by atoms with Gasteiger partial charge in [-0.1, -0.05) is 12.1 Å². The molecule has 2 rings (SSSR count). The van der Waals surface area contributed by atoms with Gasteiger partial charge in [-0.3, -0.25) is 4.79 Å². The maximum Gasteiger partial charge on any atom is 0.408 e. The molecule has 0 radical (unpaired) electrons. The van der Waals surface area contributed by atoms with Crippen molar-refractivity contribution in [2.24, 2.45) is 0 Å². The van der Waals surface area contributed by atoms with Crippen molar-refractivity contribution in [3.63, 3.8) is 0 Å². The van der Waals surface area contributed by atoms with E-state index in [9.17, 15) is 18.0 Å². The highest BCUT2D eigenvalue weighted by molar-refractivity contribution is 5.94. The molecule has 1 heterocycles. The molecule has 1 atom stereocenters. The Morgan fingerprint density at radius 3 is 2.52 bits per heavy atom. The molecule has 1 unspecified atom stereocenters. The summed E-state index contributed by atoms with van der Waals surface area (Å²) in [4.78, 5) is 13.2. The number of likely N-dealkylation sites (tertiary alicyclic amines) is 1. The minimum Gasteiger partial charge on any atom is -0.327 e. The zero-order valence-electron chi connectivity index (χ0n) is 11.4. The summed E-state index contributed by atoms with van der Waals surface area (Å²) < 4.78 is 39.0. The van der Waals surface area contributed by atoms with Gasteiger partial charge in [0.05, 0.1) is 12.5 Å². The predicted octanol–water partition coefficient (Wildman–Crippen LogP) is 3.31. The molecule has 0 aliphatic carbocycles. The van der Waals surface area contributed by atoms with Gasteiger partial charge in [0.1, 0.15) is 6.04 Å². The summed E-state index contributed by atoms with van der Waals surface area (Å²) in [6, 6.07) is 6.45. The zero-order valence-corrected chi connectivity index (χ0v) is 11.4. The second-order valence-corrected chi connectivity index (χ2v) is 5.08. The van der Waals surface area contributed by atoms with Crippen LogP contribution in [0.15, 0.2) is 24.3 Å². The van der Waals surface area contributed by atoms with Crippen LogP contribution in [-0.2, 0) is 6.42 Å². The smallest absolute Gasteiger partial charge is 0.327 e. The molecule has 3 nitrogen and oxygen atoms in total. The second kappa shape index (κ2) is 6.17. The number of nitriles is 1. The van der Waals surface area contributed by atoms with E-state index in [1.54, 1.807) is 12.1 Å². The molecule has 112 valence electrons. The first kappa shape index (κ1) is 15.4. The van der Waals surface area contributed by atoms with Gasteiger partial charge in [-0.25, -0.2) is 0 Å². The molecular weight excluding hydrogens is 281 g/mol. The summed E-state index contributed by atoms with van der Waals surface area (Å²) >= 11 is 0. The Morgan fingerprint density at radius 1 is 1.29 bits per heavy atom. The Kier molecular flexibility index (Phi) is 4.51. The molecule has 1 saturated heterocycles. The Labute approximate surface area is 121 Å². The van der Waals surface area contributed by atoms with Gasteiger partial charge in [0.15, 0.2) is 0 Å². The van der Waals surface area contributed by atoms with Crippen LogP contribution < -0.4 is 0 Å². The van der Waals surface area contributed by atoms with Crippen LogP contribution in [0.2, 0.25) is 0 Å². The highest BCUT2D eigenvalue weighted by Crippen LogP contribution is 2.32. The van der Waals surface area contributed by atoms with Gasteiger partial charge in [-0.15, -0.1) is 0 Å². The first-order valence-corrected chi connectivity index (χ1v) is 6.77. The number of benzene rings is 1. The molecule has 1 aliphatic heterocycles. The van der Waals surface area contributed by atoms with Gasteiger partial charge >= 0.3 is 6.18 Å².